The summed E-state index contributed by atoms with van der Waals surface area (Å²) in [4.78, 5) is 14.0. The van der Waals surface area contributed by atoms with Gasteiger partial charge in [0.05, 0.1) is 7.11 Å². The smallest absolute Gasteiger partial charge is 0.224 e. The van der Waals surface area contributed by atoms with E-state index in [4.69, 9.17) is 16.3 Å². The summed E-state index contributed by atoms with van der Waals surface area (Å²) in [6, 6.07) is 12.4. The molecule has 0 aromatic heterocycles. The molecule has 1 atom stereocenters. The number of amides is 1. The maximum Gasteiger partial charge on any atom is 0.224 e. The van der Waals surface area contributed by atoms with Crippen LogP contribution in [-0.4, -0.2) is 30.5 Å². The summed E-state index contributed by atoms with van der Waals surface area (Å²) in [6.45, 7) is 1.69. The zero-order valence-corrected chi connectivity index (χ0v) is 14.7. The molecule has 1 N–H and O–H groups in total. The highest BCUT2D eigenvalue weighted by molar-refractivity contribution is 6.31. The molecule has 1 saturated heterocycles. The Bertz CT molecular complexity index is 769. The van der Waals surface area contributed by atoms with E-state index in [-0.39, 0.29) is 23.5 Å². The second-order valence-electron chi connectivity index (χ2n) is 6.12. The van der Waals surface area contributed by atoms with E-state index in [2.05, 4.69) is 5.32 Å². The molecule has 4 nitrogen and oxygen atoms in total. The highest BCUT2D eigenvalue weighted by atomic mass is 35.5. The van der Waals surface area contributed by atoms with Gasteiger partial charge in [-0.1, -0.05) is 35.9 Å². The summed E-state index contributed by atoms with van der Waals surface area (Å²) in [6.07, 6.45) is 0.447. The van der Waals surface area contributed by atoms with Crippen LogP contribution in [0.25, 0.3) is 0 Å². The monoisotopic (exact) mass is 362 g/mol. The van der Waals surface area contributed by atoms with Gasteiger partial charge in [-0.2, -0.15) is 0 Å². The molecule has 25 heavy (non-hydrogen) atoms. The van der Waals surface area contributed by atoms with E-state index in [1.807, 2.05) is 29.2 Å². The predicted octanol–water partition coefficient (Wildman–Crippen LogP) is 3.38. The minimum Gasteiger partial charge on any atom is -0.494 e. The van der Waals surface area contributed by atoms with Crippen LogP contribution >= 0.6 is 11.6 Å². The van der Waals surface area contributed by atoms with E-state index in [1.165, 1.54) is 13.2 Å². The van der Waals surface area contributed by atoms with E-state index >= 15 is 0 Å². The number of halogens is 2. The Morgan fingerprint density at radius 2 is 2.12 bits per heavy atom. The maximum absolute atomic E-state index is 13.4. The van der Waals surface area contributed by atoms with Crippen molar-refractivity contribution in [2.45, 2.75) is 25.6 Å². The topological polar surface area (TPSA) is 41.6 Å². The Labute approximate surface area is 151 Å². The number of nitrogens with zero attached hydrogens (tertiary/aromatic N) is 1. The van der Waals surface area contributed by atoms with E-state index < -0.39 is 0 Å². The van der Waals surface area contributed by atoms with Crippen molar-refractivity contribution in [1.29, 1.82) is 0 Å². The average molecular weight is 363 g/mol. The van der Waals surface area contributed by atoms with Gasteiger partial charge in [0, 0.05) is 37.1 Å². The van der Waals surface area contributed by atoms with Crippen molar-refractivity contribution >= 4 is 17.5 Å². The number of carbonyl (C=O) groups is 1. The van der Waals surface area contributed by atoms with Crippen LogP contribution in [0, 0.1) is 5.82 Å². The normalized spacial score (nSPS) is 17.2. The molecule has 1 aliphatic heterocycles. The summed E-state index contributed by atoms with van der Waals surface area (Å²) >= 11 is 6.17. The highest BCUT2D eigenvalue weighted by Crippen LogP contribution is 2.22. The zero-order valence-electron chi connectivity index (χ0n) is 14.0. The van der Waals surface area contributed by atoms with E-state index in [0.29, 0.717) is 31.1 Å². The lowest BCUT2D eigenvalue weighted by Crippen LogP contribution is -2.32. The first-order valence-corrected chi connectivity index (χ1v) is 8.51. The van der Waals surface area contributed by atoms with Crippen molar-refractivity contribution in [3.05, 3.63) is 64.4 Å². The largest absolute Gasteiger partial charge is 0.494 e. The number of ether oxygens (including phenoxy) is 1. The molecular formula is C19H20ClFN2O2. The van der Waals surface area contributed by atoms with Gasteiger partial charge in [-0.25, -0.2) is 4.39 Å². The Morgan fingerprint density at radius 3 is 2.88 bits per heavy atom. The predicted molar refractivity (Wildman–Crippen MR) is 95.1 cm³/mol. The van der Waals surface area contributed by atoms with Crippen LogP contribution in [0.1, 0.15) is 17.5 Å². The standard InChI is InChI=1S/C19H20ClFN2O2/c1-25-18-8-13(6-7-17(18)21)10-22-15-9-19(24)23(12-15)11-14-4-2-3-5-16(14)20/h2-8,15,22H,9-12H2,1H3. The molecule has 0 aliphatic carbocycles. The van der Waals surface area contributed by atoms with Gasteiger partial charge in [0.15, 0.2) is 11.6 Å². The maximum atomic E-state index is 13.4. The number of carbonyl (C=O) groups excluding carboxylic acids is 1. The molecule has 0 spiro atoms. The molecule has 1 fully saturated rings. The van der Waals surface area contributed by atoms with Crippen molar-refractivity contribution < 1.29 is 13.9 Å². The molecule has 2 aromatic rings. The van der Waals surface area contributed by atoms with Gasteiger partial charge < -0.3 is 15.0 Å². The average Bonchev–Trinajstić information content (AvgIpc) is 2.96. The van der Waals surface area contributed by atoms with Gasteiger partial charge in [0.2, 0.25) is 5.91 Å². The Kier molecular flexibility index (Phi) is 5.56. The zero-order chi connectivity index (χ0) is 17.8. The molecule has 3 rings (SSSR count). The molecule has 0 radical (unpaired) electrons. The van der Waals surface area contributed by atoms with Gasteiger partial charge in [-0.3, -0.25) is 4.79 Å². The van der Waals surface area contributed by atoms with Crippen LogP contribution < -0.4 is 10.1 Å². The number of likely N-dealkylation sites (tertiary alicyclic amines) is 1. The molecule has 1 heterocycles. The minimum absolute atomic E-state index is 0.0611. The highest BCUT2D eigenvalue weighted by Gasteiger charge is 2.29. The fourth-order valence-corrected chi connectivity index (χ4v) is 3.17. The Morgan fingerprint density at radius 1 is 1.32 bits per heavy atom. The molecule has 1 aliphatic rings. The Hall–Kier alpha value is -2.11. The van der Waals surface area contributed by atoms with Crippen LogP contribution in [0.2, 0.25) is 5.02 Å². The van der Waals surface area contributed by atoms with Crippen molar-refractivity contribution in [2.24, 2.45) is 0 Å². The summed E-state index contributed by atoms with van der Waals surface area (Å²) in [5, 5.41) is 4.03. The third kappa shape index (κ3) is 4.30. The first-order chi connectivity index (χ1) is 12.1. The first-order valence-electron chi connectivity index (χ1n) is 8.14. The third-order valence-corrected chi connectivity index (χ3v) is 4.71. The Balaban J connectivity index is 1.57. The fraction of sp³-hybridized carbons (Fsp3) is 0.316. The summed E-state index contributed by atoms with van der Waals surface area (Å²) in [5.41, 5.74) is 1.86. The second-order valence-corrected chi connectivity index (χ2v) is 6.52. The molecule has 1 amide bonds. The molecule has 0 saturated carbocycles. The summed E-state index contributed by atoms with van der Waals surface area (Å²) in [5.74, 6) is -0.0514. The van der Waals surface area contributed by atoms with Gasteiger partial charge in [-0.15, -0.1) is 0 Å². The van der Waals surface area contributed by atoms with Crippen molar-refractivity contribution in [3.8, 4) is 5.75 Å². The number of hydrogen-bond donors (Lipinski definition) is 1. The van der Waals surface area contributed by atoms with Crippen LogP contribution in [0.15, 0.2) is 42.5 Å². The van der Waals surface area contributed by atoms with Crippen LogP contribution in [0.5, 0.6) is 5.75 Å². The number of rotatable bonds is 6. The first kappa shape index (κ1) is 17.7. The molecule has 132 valence electrons. The van der Waals surface area contributed by atoms with E-state index in [0.717, 1.165) is 11.1 Å². The number of methoxy groups -OCH3 is 1. The quantitative estimate of drug-likeness (QED) is 0.856. The molecule has 6 heteroatoms. The summed E-state index contributed by atoms with van der Waals surface area (Å²) < 4.78 is 18.4. The van der Waals surface area contributed by atoms with Crippen LogP contribution in [-0.2, 0) is 17.9 Å². The second kappa shape index (κ2) is 7.85. The van der Waals surface area contributed by atoms with Gasteiger partial charge in [0.25, 0.3) is 0 Å². The number of benzene rings is 2. The van der Waals surface area contributed by atoms with Crippen molar-refractivity contribution in [1.82, 2.24) is 10.2 Å². The molecule has 0 bridgehead atoms. The van der Waals surface area contributed by atoms with Crippen LogP contribution in [0.3, 0.4) is 0 Å². The molecule has 1 unspecified atom stereocenters. The summed E-state index contributed by atoms with van der Waals surface area (Å²) in [7, 11) is 1.44. The van der Waals surface area contributed by atoms with Gasteiger partial charge in [0.1, 0.15) is 0 Å². The third-order valence-electron chi connectivity index (χ3n) is 4.34. The van der Waals surface area contributed by atoms with E-state index in [1.54, 1.807) is 12.1 Å². The number of nitrogens with one attached hydrogen (secondary N) is 1. The molecular weight excluding hydrogens is 343 g/mol. The van der Waals surface area contributed by atoms with E-state index in [9.17, 15) is 9.18 Å². The fourth-order valence-electron chi connectivity index (χ4n) is 2.97. The lowest BCUT2D eigenvalue weighted by molar-refractivity contribution is -0.128. The van der Waals surface area contributed by atoms with Crippen molar-refractivity contribution in [3.63, 3.8) is 0 Å². The lowest BCUT2D eigenvalue weighted by Gasteiger charge is -2.18. The van der Waals surface area contributed by atoms with Gasteiger partial charge >= 0.3 is 0 Å². The minimum atomic E-state index is -0.381. The van der Waals surface area contributed by atoms with Crippen LogP contribution in [0.4, 0.5) is 4.39 Å². The number of hydrogen-bond acceptors (Lipinski definition) is 3. The molecule has 2 aromatic carbocycles. The SMILES string of the molecule is COc1cc(CNC2CC(=O)N(Cc3ccccc3Cl)C2)ccc1F. The van der Waals surface area contributed by atoms with Crippen molar-refractivity contribution in [2.75, 3.05) is 13.7 Å². The van der Waals surface area contributed by atoms with Gasteiger partial charge in [-0.05, 0) is 29.3 Å². The lowest BCUT2D eigenvalue weighted by atomic mass is 10.2.